The molecule has 0 unspecified atom stereocenters. The summed E-state index contributed by atoms with van der Waals surface area (Å²) in [5.41, 5.74) is 0. The zero-order valence-corrected chi connectivity index (χ0v) is 12.5. The Labute approximate surface area is 127 Å². The van der Waals surface area contributed by atoms with Crippen LogP contribution in [0.25, 0.3) is 0 Å². The van der Waals surface area contributed by atoms with Crippen molar-refractivity contribution in [2.75, 3.05) is 13.1 Å². The Morgan fingerprint density at radius 1 is 1.14 bits per heavy atom. The van der Waals surface area contributed by atoms with E-state index in [-0.39, 0.29) is 25.9 Å². The summed E-state index contributed by atoms with van der Waals surface area (Å²) in [5.74, 6) is -2.23. The van der Waals surface area contributed by atoms with E-state index in [1.54, 1.807) is 0 Å². The summed E-state index contributed by atoms with van der Waals surface area (Å²) in [4.78, 5) is 21.2. The van der Waals surface area contributed by atoms with Crippen molar-refractivity contribution in [1.82, 2.24) is 10.0 Å². The molecule has 0 saturated heterocycles. The molecule has 0 aromatic heterocycles. The highest BCUT2D eigenvalue weighted by Gasteiger charge is 2.18. The summed E-state index contributed by atoms with van der Waals surface area (Å²) in [5, 5.41) is 10.9. The van der Waals surface area contributed by atoms with Crippen LogP contribution in [0.4, 0.5) is 4.39 Å². The SMILES string of the molecule is O=C(O)CCCNC(=O)CCNS(=O)(=O)c1ccccc1F. The van der Waals surface area contributed by atoms with Gasteiger partial charge in [0.05, 0.1) is 0 Å². The monoisotopic (exact) mass is 332 g/mol. The van der Waals surface area contributed by atoms with Crippen LogP contribution in [0.2, 0.25) is 0 Å². The first kappa shape index (κ1) is 18.1. The Kier molecular flexibility index (Phi) is 6.93. The molecule has 122 valence electrons. The third-order valence-electron chi connectivity index (χ3n) is 2.66. The number of hydrogen-bond acceptors (Lipinski definition) is 4. The Hall–Kier alpha value is -2.00. The van der Waals surface area contributed by atoms with Gasteiger partial charge in [-0.1, -0.05) is 12.1 Å². The first-order chi connectivity index (χ1) is 10.3. The van der Waals surface area contributed by atoms with Gasteiger partial charge in [0.15, 0.2) is 0 Å². The molecule has 22 heavy (non-hydrogen) atoms. The standard InChI is InChI=1S/C13H17FN2O5S/c14-10-4-1-2-5-11(10)22(20,21)16-9-7-12(17)15-8-3-6-13(18)19/h1-2,4-5,16H,3,6-9H2,(H,15,17)(H,18,19). The summed E-state index contributed by atoms with van der Waals surface area (Å²) >= 11 is 0. The van der Waals surface area contributed by atoms with E-state index >= 15 is 0 Å². The van der Waals surface area contributed by atoms with Gasteiger partial charge in [0.2, 0.25) is 15.9 Å². The molecule has 0 spiro atoms. The fourth-order valence-electron chi connectivity index (χ4n) is 1.60. The van der Waals surface area contributed by atoms with E-state index in [0.717, 1.165) is 12.1 Å². The van der Waals surface area contributed by atoms with Gasteiger partial charge in [0.1, 0.15) is 10.7 Å². The number of halogens is 1. The molecule has 0 aliphatic heterocycles. The van der Waals surface area contributed by atoms with Gasteiger partial charge in [-0.05, 0) is 18.6 Å². The summed E-state index contributed by atoms with van der Waals surface area (Å²) in [6.07, 6.45) is 0.114. The Balaban J connectivity index is 2.36. The Bertz CT molecular complexity index is 633. The van der Waals surface area contributed by atoms with Gasteiger partial charge in [-0.25, -0.2) is 17.5 Å². The van der Waals surface area contributed by atoms with Crippen molar-refractivity contribution >= 4 is 21.9 Å². The highest BCUT2D eigenvalue weighted by molar-refractivity contribution is 7.89. The third-order valence-corrected chi connectivity index (χ3v) is 4.15. The molecule has 3 N–H and O–H groups in total. The van der Waals surface area contributed by atoms with Crippen LogP contribution in [-0.2, 0) is 19.6 Å². The molecular formula is C13H17FN2O5S. The van der Waals surface area contributed by atoms with Gasteiger partial charge in [-0.2, -0.15) is 0 Å². The van der Waals surface area contributed by atoms with Crippen LogP contribution in [0.5, 0.6) is 0 Å². The lowest BCUT2D eigenvalue weighted by Crippen LogP contribution is -2.31. The quantitative estimate of drug-likeness (QED) is 0.569. The van der Waals surface area contributed by atoms with E-state index in [0.29, 0.717) is 6.42 Å². The molecule has 1 aromatic carbocycles. The van der Waals surface area contributed by atoms with Gasteiger partial charge in [-0.15, -0.1) is 0 Å². The Morgan fingerprint density at radius 2 is 1.82 bits per heavy atom. The molecule has 1 rings (SSSR count). The molecule has 0 aliphatic carbocycles. The number of carboxylic acids is 1. The number of carbonyl (C=O) groups excluding carboxylic acids is 1. The number of sulfonamides is 1. The van der Waals surface area contributed by atoms with Gasteiger partial charge in [0, 0.05) is 25.9 Å². The van der Waals surface area contributed by atoms with Crippen molar-refractivity contribution in [3.63, 3.8) is 0 Å². The fraction of sp³-hybridized carbons (Fsp3) is 0.385. The minimum atomic E-state index is -4.01. The smallest absolute Gasteiger partial charge is 0.303 e. The number of hydrogen-bond donors (Lipinski definition) is 3. The molecule has 7 nitrogen and oxygen atoms in total. The molecule has 0 bridgehead atoms. The molecule has 9 heteroatoms. The highest BCUT2D eigenvalue weighted by atomic mass is 32.2. The van der Waals surface area contributed by atoms with Crippen LogP contribution in [0.1, 0.15) is 19.3 Å². The number of carboxylic acid groups (broad SMARTS) is 1. The molecule has 1 amide bonds. The van der Waals surface area contributed by atoms with Crippen LogP contribution >= 0.6 is 0 Å². The van der Waals surface area contributed by atoms with E-state index in [1.807, 2.05) is 0 Å². The second-order valence-corrected chi connectivity index (χ2v) is 6.16. The fourth-order valence-corrected chi connectivity index (χ4v) is 2.70. The minimum absolute atomic E-state index is 0.0554. The second-order valence-electron chi connectivity index (χ2n) is 4.43. The summed E-state index contributed by atoms with van der Waals surface area (Å²) in [7, 11) is -4.01. The van der Waals surface area contributed by atoms with Gasteiger partial charge in [0.25, 0.3) is 0 Å². The number of carbonyl (C=O) groups is 2. The van der Waals surface area contributed by atoms with Crippen molar-refractivity contribution in [1.29, 1.82) is 0 Å². The molecule has 0 aliphatic rings. The maximum atomic E-state index is 13.4. The van der Waals surface area contributed by atoms with Crippen molar-refractivity contribution in [2.24, 2.45) is 0 Å². The molecule has 0 fully saturated rings. The van der Waals surface area contributed by atoms with Gasteiger partial charge < -0.3 is 10.4 Å². The van der Waals surface area contributed by atoms with Crippen molar-refractivity contribution in [2.45, 2.75) is 24.2 Å². The predicted molar refractivity (Wildman–Crippen MR) is 76.1 cm³/mol. The van der Waals surface area contributed by atoms with E-state index in [1.165, 1.54) is 12.1 Å². The van der Waals surface area contributed by atoms with E-state index in [9.17, 15) is 22.4 Å². The van der Waals surface area contributed by atoms with Crippen molar-refractivity contribution in [3.05, 3.63) is 30.1 Å². The zero-order chi connectivity index (χ0) is 16.6. The second kappa shape index (κ2) is 8.44. The van der Waals surface area contributed by atoms with Crippen LogP contribution in [0.15, 0.2) is 29.2 Å². The average molecular weight is 332 g/mol. The minimum Gasteiger partial charge on any atom is -0.481 e. The molecule has 0 saturated carbocycles. The largest absolute Gasteiger partial charge is 0.481 e. The molecule has 0 atom stereocenters. The molecular weight excluding hydrogens is 315 g/mol. The third kappa shape index (κ3) is 6.19. The number of amides is 1. The van der Waals surface area contributed by atoms with E-state index in [4.69, 9.17) is 5.11 Å². The number of rotatable bonds is 9. The topological polar surface area (TPSA) is 113 Å². The highest BCUT2D eigenvalue weighted by Crippen LogP contribution is 2.12. The van der Waals surface area contributed by atoms with E-state index in [2.05, 4.69) is 10.0 Å². The first-order valence-electron chi connectivity index (χ1n) is 6.55. The average Bonchev–Trinajstić information content (AvgIpc) is 2.43. The number of benzene rings is 1. The zero-order valence-electron chi connectivity index (χ0n) is 11.7. The molecule has 0 heterocycles. The lowest BCUT2D eigenvalue weighted by atomic mass is 10.3. The number of aliphatic carboxylic acids is 1. The van der Waals surface area contributed by atoms with Gasteiger partial charge >= 0.3 is 5.97 Å². The summed E-state index contributed by atoms with van der Waals surface area (Å²) < 4.78 is 39.2. The Morgan fingerprint density at radius 3 is 2.45 bits per heavy atom. The maximum absolute atomic E-state index is 13.4. The van der Waals surface area contributed by atoms with Crippen LogP contribution in [-0.4, -0.2) is 38.5 Å². The van der Waals surface area contributed by atoms with Crippen molar-refractivity contribution in [3.8, 4) is 0 Å². The summed E-state index contributed by atoms with van der Waals surface area (Å²) in [6, 6.07) is 4.93. The summed E-state index contributed by atoms with van der Waals surface area (Å²) in [6.45, 7) is 0.0205. The maximum Gasteiger partial charge on any atom is 0.303 e. The van der Waals surface area contributed by atoms with Crippen LogP contribution in [0.3, 0.4) is 0 Å². The van der Waals surface area contributed by atoms with Crippen LogP contribution < -0.4 is 10.0 Å². The van der Waals surface area contributed by atoms with Gasteiger partial charge in [-0.3, -0.25) is 9.59 Å². The van der Waals surface area contributed by atoms with Crippen molar-refractivity contribution < 1.29 is 27.5 Å². The van der Waals surface area contributed by atoms with Crippen LogP contribution in [0, 0.1) is 5.82 Å². The van der Waals surface area contributed by atoms with E-state index < -0.39 is 32.6 Å². The normalized spacial score (nSPS) is 11.1. The number of nitrogens with one attached hydrogen (secondary N) is 2. The molecule has 0 radical (unpaired) electrons. The predicted octanol–water partition coefficient (Wildman–Crippen LogP) is 0.475. The molecule has 1 aromatic rings. The lowest BCUT2D eigenvalue weighted by Gasteiger charge is -2.08. The first-order valence-corrected chi connectivity index (χ1v) is 8.04. The lowest BCUT2D eigenvalue weighted by molar-refractivity contribution is -0.137.